The number of aryl methyl sites for hydroxylation is 1. The van der Waals surface area contributed by atoms with Gasteiger partial charge in [0.25, 0.3) is 0 Å². The molecule has 0 saturated carbocycles. The number of ether oxygens (including phenoxy) is 1. The smallest absolute Gasteiger partial charge is 0.407 e. The lowest BCUT2D eigenvalue weighted by Crippen LogP contribution is -2.33. The van der Waals surface area contributed by atoms with Gasteiger partial charge in [0, 0.05) is 19.3 Å². The maximum atomic E-state index is 11.4. The molecule has 6 heteroatoms. The van der Waals surface area contributed by atoms with Crippen molar-refractivity contribution in [3.05, 3.63) is 28.5 Å². The highest BCUT2D eigenvalue weighted by molar-refractivity contribution is 6.30. The van der Waals surface area contributed by atoms with Gasteiger partial charge >= 0.3 is 6.09 Å². The Bertz CT molecular complexity index is 487. The van der Waals surface area contributed by atoms with E-state index in [0.717, 1.165) is 37.2 Å². The van der Waals surface area contributed by atoms with Crippen LogP contribution in [0.1, 0.15) is 44.9 Å². The number of carbonyl (C=O) groups excluding carboxylic acids is 1. The molecule has 0 aliphatic rings. The molecular formula is C16H26ClN3O2. The second kappa shape index (κ2) is 8.96. The fourth-order valence-corrected chi connectivity index (χ4v) is 2.05. The van der Waals surface area contributed by atoms with Gasteiger partial charge in [-0.25, -0.2) is 4.79 Å². The Morgan fingerprint density at radius 2 is 2.00 bits per heavy atom. The van der Waals surface area contributed by atoms with Gasteiger partial charge in [0.1, 0.15) is 5.60 Å². The minimum atomic E-state index is -0.449. The summed E-state index contributed by atoms with van der Waals surface area (Å²) < 4.78 is 5.16. The summed E-state index contributed by atoms with van der Waals surface area (Å²) in [5, 5.41) is 6.75. The van der Waals surface area contributed by atoms with Crippen molar-refractivity contribution in [2.24, 2.45) is 0 Å². The number of nitrogens with zero attached hydrogens (tertiary/aromatic N) is 1. The molecule has 0 spiro atoms. The first-order valence-corrected chi connectivity index (χ1v) is 7.94. The Morgan fingerprint density at radius 1 is 1.32 bits per heavy atom. The molecule has 1 aromatic heterocycles. The molecule has 2 N–H and O–H groups in total. The van der Waals surface area contributed by atoms with Gasteiger partial charge in [0.15, 0.2) is 0 Å². The van der Waals surface area contributed by atoms with E-state index in [-0.39, 0.29) is 6.09 Å². The highest BCUT2D eigenvalue weighted by Gasteiger charge is 2.15. The van der Waals surface area contributed by atoms with Crippen LogP contribution < -0.4 is 10.6 Å². The van der Waals surface area contributed by atoms with Gasteiger partial charge < -0.3 is 15.4 Å². The number of nitrogens with one attached hydrogen (secondary N) is 2. The molecule has 0 bridgehead atoms. The number of carbonyl (C=O) groups is 1. The Balaban J connectivity index is 2.07. The zero-order valence-corrected chi connectivity index (χ0v) is 14.6. The number of alkyl carbamates (subject to hydrolysis) is 1. The normalized spacial score (nSPS) is 11.3. The molecule has 22 heavy (non-hydrogen) atoms. The Hall–Kier alpha value is -1.33. The molecule has 0 atom stereocenters. The largest absolute Gasteiger partial charge is 0.444 e. The van der Waals surface area contributed by atoms with Crippen LogP contribution in [0.4, 0.5) is 4.79 Å². The monoisotopic (exact) mass is 327 g/mol. The van der Waals surface area contributed by atoms with Gasteiger partial charge in [0.2, 0.25) is 0 Å². The van der Waals surface area contributed by atoms with Crippen LogP contribution in [0.2, 0.25) is 5.02 Å². The molecule has 0 radical (unpaired) electrons. The van der Waals surface area contributed by atoms with Gasteiger partial charge in [-0.2, -0.15) is 0 Å². The van der Waals surface area contributed by atoms with Crippen molar-refractivity contribution < 1.29 is 9.53 Å². The first-order valence-electron chi connectivity index (χ1n) is 7.56. The van der Waals surface area contributed by atoms with Crippen LogP contribution in [0.25, 0.3) is 0 Å². The van der Waals surface area contributed by atoms with E-state index in [1.165, 1.54) is 0 Å². The summed E-state index contributed by atoms with van der Waals surface area (Å²) in [5.41, 5.74) is 1.65. The summed E-state index contributed by atoms with van der Waals surface area (Å²) >= 11 is 5.87. The highest BCUT2D eigenvalue weighted by Crippen LogP contribution is 2.11. The van der Waals surface area contributed by atoms with Crippen molar-refractivity contribution in [3.63, 3.8) is 0 Å². The number of halogens is 1. The number of aromatic nitrogens is 1. The number of rotatable bonds is 7. The van der Waals surface area contributed by atoms with Crippen LogP contribution in [0.5, 0.6) is 0 Å². The quantitative estimate of drug-likeness (QED) is 0.753. The second-order valence-corrected chi connectivity index (χ2v) is 6.67. The van der Waals surface area contributed by atoms with Crippen LogP contribution in [-0.4, -0.2) is 29.8 Å². The predicted octanol–water partition coefficient (Wildman–Crippen LogP) is 3.44. The summed E-state index contributed by atoms with van der Waals surface area (Å²) in [6.45, 7) is 9.77. The average molecular weight is 328 g/mol. The van der Waals surface area contributed by atoms with Crippen LogP contribution >= 0.6 is 11.6 Å². The lowest BCUT2D eigenvalue weighted by Gasteiger charge is -2.19. The molecule has 0 saturated heterocycles. The zero-order valence-electron chi connectivity index (χ0n) is 13.8. The van der Waals surface area contributed by atoms with Crippen molar-refractivity contribution in [1.29, 1.82) is 0 Å². The molecule has 0 fully saturated rings. The lowest BCUT2D eigenvalue weighted by molar-refractivity contribution is 0.0527. The summed E-state index contributed by atoms with van der Waals surface area (Å²) in [5.74, 6) is 0. The molecule has 0 unspecified atom stereocenters. The third-order valence-electron chi connectivity index (χ3n) is 2.89. The molecule has 5 nitrogen and oxygen atoms in total. The summed E-state index contributed by atoms with van der Waals surface area (Å²) in [7, 11) is 0. The van der Waals surface area contributed by atoms with Crippen LogP contribution in [0.15, 0.2) is 12.3 Å². The van der Waals surface area contributed by atoms with E-state index < -0.39 is 5.60 Å². The van der Waals surface area contributed by atoms with Crippen molar-refractivity contribution in [3.8, 4) is 0 Å². The fraction of sp³-hybridized carbons (Fsp3) is 0.625. The Kier molecular flexibility index (Phi) is 7.62. The number of amides is 1. The number of unbranched alkanes of at least 4 members (excludes halogenated alkanes) is 1. The van der Waals surface area contributed by atoms with Gasteiger partial charge in [0.05, 0.1) is 10.7 Å². The van der Waals surface area contributed by atoms with Crippen molar-refractivity contribution in [2.75, 3.05) is 13.1 Å². The van der Waals surface area contributed by atoms with Crippen LogP contribution in [0, 0.1) is 6.92 Å². The van der Waals surface area contributed by atoms with E-state index in [1.54, 1.807) is 6.20 Å². The second-order valence-electron chi connectivity index (χ2n) is 6.23. The molecule has 1 aromatic rings. The molecule has 1 heterocycles. The lowest BCUT2D eigenvalue weighted by atomic mass is 10.2. The Labute approximate surface area is 137 Å². The predicted molar refractivity (Wildman–Crippen MR) is 89.2 cm³/mol. The highest BCUT2D eigenvalue weighted by atomic mass is 35.5. The molecule has 1 rings (SSSR count). The molecule has 124 valence electrons. The Morgan fingerprint density at radius 3 is 2.64 bits per heavy atom. The molecular weight excluding hydrogens is 302 g/mol. The standard InChI is InChI=1S/C16H26ClN3O2/c1-12-9-13(17)10-20-14(12)11-18-7-5-6-8-19-15(21)22-16(2,3)4/h9-10,18H,5-8,11H2,1-4H3,(H,19,21). The average Bonchev–Trinajstić information content (AvgIpc) is 2.37. The molecule has 0 aliphatic carbocycles. The van der Waals surface area contributed by atoms with E-state index in [4.69, 9.17) is 16.3 Å². The van der Waals surface area contributed by atoms with Crippen molar-refractivity contribution in [1.82, 2.24) is 15.6 Å². The van der Waals surface area contributed by atoms with Gasteiger partial charge in [-0.05, 0) is 58.7 Å². The van der Waals surface area contributed by atoms with E-state index in [0.29, 0.717) is 11.6 Å². The zero-order chi connectivity index (χ0) is 16.6. The molecule has 0 aromatic carbocycles. The molecule has 0 aliphatic heterocycles. The van der Waals surface area contributed by atoms with Gasteiger partial charge in [-0.15, -0.1) is 0 Å². The molecule has 1 amide bonds. The number of hydrogen-bond donors (Lipinski definition) is 2. The van der Waals surface area contributed by atoms with Crippen LogP contribution in [0.3, 0.4) is 0 Å². The van der Waals surface area contributed by atoms with Crippen molar-refractivity contribution >= 4 is 17.7 Å². The topological polar surface area (TPSA) is 63.2 Å². The fourth-order valence-electron chi connectivity index (χ4n) is 1.84. The van der Waals surface area contributed by atoms with E-state index in [1.807, 2.05) is 33.8 Å². The van der Waals surface area contributed by atoms with E-state index >= 15 is 0 Å². The SMILES string of the molecule is Cc1cc(Cl)cnc1CNCCCCNC(=O)OC(C)(C)C. The van der Waals surface area contributed by atoms with Gasteiger partial charge in [-0.1, -0.05) is 11.6 Å². The summed E-state index contributed by atoms with van der Waals surface area (Å²) in [6, 6.07) is 1.91. The van der Waals surface area contributed by atoms with Crippen LogP contribution in [-0.2, 0) is 11.3 Å². The summed E-state index contributed by atoms with van der Waals surface area (Å²) in [6.07, 6.45) is 3.18. The number of pyridine rings is 1. The minimum Gasteiger partial charge on any atom is -0.444 e. The van der Waals surface area contributed by atoms with E-state index in [9.17, 15) is 4.79 Å². The maximum absolute atomic E-state index is 11.4. The first-order chi connectivity index (χ1) is 10.3. The summed E-state index contributed by atoms with van der Waals surface area (Å²) in [4.78, 5) is 15.7. The third kappa shape index (κ3) is 8.20. The number of hydrogen-bond acceptors (Lipinski definition) is 4. The third-order valence-corrected chi connectivity index (χ3v) is 3.10. The van der Waals surface area contributed by atoms with Crippen molar-refractivity contribution in [2.45, 2.75) is 52.7 Å². The van der Waals surface area contributed by atoms with E-state index in [2.05, 4.69) is 15.6 Å². The van der Waals surface area contributed by atoms with Gasteiger partial charge in [-0.3, -0.25) is 4.98 Å². The first kappa shape index (κ1) is 18.7. The minimum absolute atomic E-state index is 0.360. The maximum Gasteiger partial charge on any atom is 0.407 e.